The summed E-state index contributed by atoms with van der Waals surface area (Å²) in [6.07, 6.45) is 9.66. The summed E-state index contributed by atoms with van der Waals surface area (Å²) in [5, 5.41) is 13.2. The van der Waals surface area contributed by atoms with Gasteiger partial charge in [0.25, 0.3) is 5.91 Å². The van der Waals surface area contributed by atoms with E-state index < -0.39 is 11.0 Å². The zero-order chi connectivity index (χ0) is 24.6. The van der Waals surface area contributed by atoms with Gasteiger partial charge in [-0.25, -0.2) is 14.8 Å². The van der Waals surface area contributed by atoms with Crippen molar-refractivity contribution in [1.82, 2.24) is 19.8 Å². The topological polar surface area (TPSA) is 131 Å². The van der Waals surface area contributed by atoms with Crippen molar-refractivity contribution < 1.29 is 19.2 Å². The summed E-state index contributed by atoms with van der Waals surface area (Å²) in [6, 6.07) is 6.85. The van der Waals surface area contributed by atoms with Gasteiger partial charge in [-0.05, 0) is 30.5 Å². The van der Waals surface area contributed by atoms with Crippen LogP contribution < -0.4 is 10.1 Å². The fourth-order valence-electron chi connectivity index (χ4n) is 4.49. The highest BCUT2D eigenvalue weighted by atomic mass is 16.6. The lowest BCUT2D eigenvalue weighted by Crippen LogP contribution is -2.51. The SMILES string of the molecule is O=C(Nc1ncc([N+](=O)[O-])cn1)N1CCN(C(=O)c2cccc(OCCC3CCCCC3)c2)CC1. The molecule has 1 aliphatic heterocycles. The minimum Gasteiger partial charge on any atom is -0.494 e. The molecule has 0 atom stereocenters. The quantitative estimate of drug-likeness (QED) is 0.470. The van der Waals surface area contributed by atoms with Gasteiger partial charge in [-0.2, -0.15) is 0 Å². The van der Waals surface area contributed by atoms with Crippen LogP contribution in [0, 0.1) is 16.0 Å². The van der Waals surface area contributed by atoms with Crippen molar-refractivity contribution >= 4 is 23.6 Å². The van der Waals surface area contributed by atoms with Crippen LogP contribution in [0.15, 0.2) is 36.7 Å². The maximum Gasteiger partial charge on any atom is 0.324 e. The van der Waals surface area contributed by atoms with Crippen LogP contribution in [0.2, 0.25) is 0 Å². The van der Waals surface area contributed by atoms with Crippen LogP contribution in [0.4, 0.5) is 16.4 Å². The van der Waals surface area contributed by atoms with Gasteiger partial charge in [-0.3, -0.25) is 20.2 Å². The second-order valence-electron chi connectivity index (χ2n) is 8.90. The molecule has 2 aliphatic rings. The standard InChI is InChI=1S/C24H30N6O5/c31-22(19-7-4-8-21(15-19)35-14-9-18-5-2-1-3-6-18)28-10-12-29(13-11-28)24(32)27-23-25-16-20(17-26-23)30(33)34/h4,7-8,15-18H,1-3,5-6,9-14H2,(H,25,26,27,32). The van der Waals surface area contributed by atoms with E-state index in [1.165, 1.54) is 32.1 Å². The lowest BCUT2D eigenvalue weighted by Gasteiger charge is -2.34. The molecule has 4 rings (SSSR count). The molecule has 186 valence electrons. The van der Waals surface area contributed by atoms with Gasteiger partial charge in [-0.1, -0.05) is 38.2 Å². The van der Waals surface area contributed by atoms with Crippen LogP contribution >= 0.6 is 0 Å². The number of benzene rings is 1. The van der Waals surface area contributed by atoms with Crippen molar-refractivity contribution in [3.8, 4) is 5.75 Å². The highest BCUT2D eigenvalue weighted by molar-refractivity contribution is 5.95. The Morgan fingerprint density at radius 1 is 1.06 bits per heavy atom. The smallest absolute Gasteiger partial charge is 0.324 e. The van der Waals surface area contributed by atoms with Gasteiger partial charge in [0.1, 0.15) is 18.1 Å². The van der Waals surface area contributed by atoms with Crippen LogP contribution in [0.1, 0.15) is 48.9 Å². The van der Waals surface area contributed by atoms with Crippen LogP contribution in [-0.2, 0) is 0 Å². The predicted octanol–water partition coefficient (Wildman–Crippen LogP) is 3.72. The Morgan fingerprint density at radius 3 is 2.43 bits per heavy atom. The van der Waals surface area contributed by atoms with E-state index in [2.05, 4.69) is 15.3 Å². The zero-order valence-corrected chi connectivity index (χ0v) is 19.6. The molecule has 2 heterocycles. The minimum atomic E-state index is -0.610. The van der Waals surface area contributed by atoms with Gasteiger partial charge in [0.2, 0.25) is 5.95 Å². The molecule has 1 aliphatic carbocycles. The summed E-state index contributed by atoms with van der Waals surface area (Å²) in [5.41, 5.74) is 0.311. The van der Waals surface area contributed by atoms with E-state index in [9.17, 15) is 19.7 Å². The van der Waals surface area contributed by atoms with Crippen molar-refractivity contribution in [2.45, 2.75) is 38.5 Å². The summed E-state index contributed by atoms with van der Waals surface area (Å²) in [7, 11) is 0. The number of urea groups is 1. The van der Waals surface area contributed by atoms with Gasteiger partial charge in [-0.15, -0.1) is 0 Å². The molecule has 1 aromatic carbocycles. The van der Waals surface area contributed by atoms with Crippen molar-refractivity contribution in [3.05, 3.63) is 52.3 Å². The number of nitro groups is 1. The molecule has 1 saturated carbocycles. The van der Waals surface area contributed by atoms with Gasteiger partial charge in [0, 0.05) is 31.7 Å². The van der Waals surface area contributed by atoms with Gasteiger partial charge in [0.05, 0.1) is 11.5 Å². The van der Waals surface area contributed by atoms with Gasteiger partial charge >= 0.3 is 11.7 Å². The first-order valence-corrected chi connectivity index (χ1v) is 12.0. The predicted molar refractivity (Wildman–Crippen MR) is 128 cm³/mol. The monoisotopic (exact) mass is 482 g/mol. The second kappa shape index (κ2) is 11.6. The molecule has 11 nitrogen and oxygen atoms in total. The number of nitrogens with zero attached hydrogens (tertiary/aromatic N) is 5. The third kappa shape index (κ3) is 6.65. The third-order valence-electron chi connectivity index (χ3n) is 6.52. The Morgan fingerprint density at radius 2 is 1.74 bits per heavy atom. The lowest BCUT2D eigenvalue weighted by atomic mass is 9.87. The summed E-state index contributed by atoms with van der Waals surface area (Å²) >= 11 is 0. The molecule has 0 bridgehead atoms. The number of anilines is 1. The number of hydrogen-bond donors (Lipinski definition) is 1. The molecule has 35 heavy (non-hydrogen) atoms. The van der Waals surface area contributed by atoms with E-state index in [-0.39, 0.29) is 17.5 Å². The summed E-state index contributed by atoms with van der Waals surface area (Å²) in [5.74, 6) is 1.34. The molecule has 1 saturated heterocycles. The molecule has 3 amide bonds. The van der Waals surface area contributed by atoms with Crippen molar-refractivity contribution in [1.29, 1.82) is 0 Å². The molecule has 1 N–H and O–H groups in total. The fraction of sp³-hybridized carbons (Fsp3) is 0.500. The molecule has 0 unspecified atom stereocenters. The van der Waals surface area contributed by atoms with E-state index in [0.717, 1.165) is 24.7 Å². The van der Waals surface area contributed by atoms with Crippen molar-refractivity contribution in [2.75, 3.05) is 38.1 Å². The molecule has 1 aromatic heterocycles. The number of piperazine rings is 1. The largest absolute Gasteiger partial charge is 0.494 e. The highest BCUT2D eigenvalue weighted by Crippen LogP contribution is 2.26. The number of amides is 3. The molecule has 2 fully saturated rings. The van der Waals surface area contributed by atoms with Crippen LogP contribution in [-0.4, -0.2) is 69.4 Å². The van der Waals surface area contributed by atoms with E-state index in [0.29, 0.717) is 44.1 Å². The number of hydrogen-bond acceptors (Lipinski definition) is 7. The first-order chi connectivity index (χ1) is 17.0. The lowest BCUT2D eigenvalue weighted by molar-refractivity contribution is -0.385. The molecule has 0 spiro atoms. The molecule has 0 radical (unpaired) electrons. The summed E-state index contributed by atoms with van der Waals surface area (Å²) in [6.45, 7) is 2.14. The molecular formula is C24H30N6O5. The Hall–Kier alpha value is -3.76. The normalized spacial score (nSPS) is 16.6. The Kier molecular flexibility index (Phi) is 8.07. The Balaban J connectivity index is 1.24. The van der Waals surface area contributed by atoms with Crippen LogP contribution in [0.5, 0.6) is 5.75 Å². The van der Waals surface area contributed by atoms with Crippen molar-refractivity contribution in [2.24, 2.45) is 5.92 Å². The van der Waals surface area contributed by atoms with E-state index >= 15 is 0 Å². The Bertz CT molecular complexity index is 1030. The molecule has 11 heteroatoms. The number of carbonyl (C=O) groups is 2. The minimum absolute atomic E-state index is 0.0144. The average molecular weight is 483 g/mol. The maximum atomic E-state index is 13.0. The first kappa shape index (κ1) is 24.4. The third-order valence-corrected chi connectivity index (χ3v) is 6.52. The number of rotatable bonds is 7. The number of nitrogens with one attached hydrogen (secondary N) is 1. The van der Waals surface area contributed by atoms with Crippen molar-refractivity contribution in [3.63, 3.8) is 0 Å². The zero-order valence-electron chi connectivity index (χ0n) is 19.6. The highest BCUT2D eigenvalue weighted by Gasteiger charge is 2.25. The summed E-state index contributed by atoms with van der Waals surface area (Å²) in [4.78, 5) is 46.4. The average Bonchev–Trinajstić information content (AvgIpc) is 2.89. The van der Waals surface area contributed by atoms with Gasteiger partial charge < -0.3 is 14.5 Å². The Labute approximate surface area is 203 Å². The number of aromatic nitrogens is 2. The van der Waals surface area contributed by atoms with Crippen LogP contribution in [0.3, 0.4) is 0 Å². The number of carbonyl (C=O) groups excluding carboxylic acids is 2. The number of ether oxygens (including phenoxy) is 1. The molecule has 2 aromatic rings. The fourth-order valence-corrected chi connectivity index (χ4v) is 4.49. The second-order valence-corrected chi connectivity index (χ2v) is 8.90. The van der Waals surface area contributed by atoms with Crippen LogP contribution in [0.25, 0.3) is 0 Å². The maximum absolute atomic E-state index is 13.0. The van der Waals surface area contributed by atoms with E-state index in [4.69, 9.17) is 4.74 Å². The molecular weight excluding hydrogens is 452 g/mol. The van der Waals surface area contributed by atoms with E-state index in [1.54, 1.807) is 21.9 Å². The van der Waals surface area contributed by atoms with E-state index in [1.807, 2.05) is 12.1 Å². The summed E-state index contributed by atoms with van der Waals surface area (Å²) < 4.78 is 5.93. The van der Waals surface area contributed by atoms with Gasteiger partial charge in [0.15, 0.2) is 0 Å². The first-order valence-electron chi connectivity index (χ1n) is 12.0.